The number of nitrogens with zero attached hydrogens (tertiary/aromatic N) is 2. The van der Waals surface area contributed by atoms with Gasteiger partial charge < -0.3 is 9.30 Å². The quantitative estimate of drug-likeness (QED) is 0.892. The molecule has 0 saturated heterocycles. The lowest BCUT2D eigenvalue weighted by Crippen LogP contribution is -2.27. The molecule has 1 heterocycles. The van der Waals surface area contributed by atoms with Gasteiger partial charge in [-0.25, -0.2) is 9.37 Å². The lowest BCUT2D eigenvalue weighted by atomic mass is 10.0. The standard InChI is InChI=1S/C16H20FN3O2/c1-3-20-13-5-4-11(17)10-12(13)18-15(20)19-14(21)16(6-7-16)8-9-22-2/h4-5,10H,3,6-9H2,1-2H3,(H,18,19,21). The van der Waals surface area contributed by atoms with Crippen LogP contribution in [0.5, 0.6) is 0 Å². The third kappa shape index (κ3) is 2.59. The van der Waals surface area contributed by atoms with E-state index in [9.17, 15) is 9.18 Å². The smallest absolute Gasteiger partial charge is 0.232 e. The first-order valence-corrected chi connectivity index (χ1v) is 7.56. The molecule has 0 bridgehead atoms. The number of fused-ring (bicyclic) bond motifs is 1. The number of rotatable bonds is 6. The number of benzene rings is 1. The monoisotopic (exact) mass is 305 g/mol. The van der Waals surface area contributed by atoms with Crippen LogP contribution in [0.4, 0.5) is 10.3 Å². The summed E-state index contributed by atoms with van der Waals surface area (Å²) in [4.78, 5) is 16.9. The van der Waals surface area contributed by atoms with Gasteiger partial charge in [-0.2, -0.15) is 0 Å². The molecule has 0 atom stereocenters. The fourth-order valence-corrected chi connectivity index (χ4v) is 2.79. The van der Waals surface area contributed by atoms with Crippen LogP contribution in [-0.2, 0) is 16.1 Å². The van der Waals surface area contributed by atoms with Crippen LogP contribution in [0.1, 0.15) is 26.2 Å². The molecule has 1 fully saturated rings. The molecule has 1 amide bonds. The number of methoxy groups -OCH3 is 1. The van der Waals surface area contributed by atoms with Crippen molar-refractivity contribution in [3.05, 3.63) is 24.0 Å². The molecule has 1 saturated carbocycles. The van der Waals surface area contributed by atoms with E-state index in [1.807, 2.05) is 11.5 Å². The van der Waals surface area contributed by atoms with Crippen LogP contribution in [0.2, 0.25) is 0 Å². The molecule has 1 aliphatic rings. The number of halogens is 1. The number of carbonyl (C=O) groups is 1. The van der Waals surface area contributed by atoms with Gasteiger partial charge in [-0.05, 0) is 38.3 Å². The Morgan fingerprint density at radius 1 is 1.50 bits per heavy atom. The summed E-state index contributed by atoms with van der Waals surface area (Å²) in [7, 11) is 1.64. The zero-order valence-electron chi connectivity index (χ0n) is 12.9. The average molecular weight is 305 g/mol. The van der Waals surface area contributed by atoms with Gasteiger partial charge in [0.2, 0.25) is 11.9 Å². The molecule has 5 nitrogen and oxygen atoms in total. The summed E-state index contributed by atoms with van der Waals surface area (Å²) in [5.41, 5.74) is 1.05. The molecule has 1 N–H and O–H groups in total. The van der Waals surface area contributed by atoms with Crippen molar-refractivity contribution in [2.24, 2.45) is 5.41 Å². The van der Waals surface area contributed by atoms with Crippen LogP contribution >= 0.6 is 0 Å². The summed E-state index contributed by atoms with van der Waals surface area (Å²) in [6.45, 7) is 3.20. The number of amides is 1. The minimum atomic E-state index is -0.329. The second-order valence-corrected chi connectivity index (χ2v) is 5.79. The molecule has 3 rings (SSSR count). The largest absolute Gasteiger partial charge is 0.385 e. The molecular weight excluding hydrogens is 285 g/mol. The third-order valence-electron chi connectivity index (χ3n) is 4.37. The minimum absolute atomic E-state index is 0.0185. The van der Waals surface area contributed by atoms with Crippen LogP contribution in [0.3, 0.4) is 0 Å². The Hall–Kier alpha value is -1.95. The SMILES string of the molecule is CCn1c(NC(=O)C2(CCOC)CC2)nc2cc(F)ccc21. The number of aryl methyl sites for hydroxylation is 1. The molecular formula is C16H20FN3O2. The molecule has 22 heavy (non-hydrogen) atoms. The number of nitrogens with one attached hydrogen (secondary N) is 1. The van der Waals surface area contributed by atoms with E-state index in [4.69, 9.17) is 4.74 Å². The van der Waals surface area contributed by atoms with Gasteiger partial charge in [0.05, 0.1) is 16.4 Å². The Labute approximate surface area is 128 Å². The Morgan fingerprint density at radius 2 is 2.27 bits per heavy atom. The van der Waals surface area contributed by atoms with Crippen molar-refractivity contribution in [1.82, 2.24) is 9.55 Å². The van der Waals surface area contributed by atoms with Gasteiger partial charge in [-0.15, -0.1) is 0 Å². The summed E-state index contributed by atoms with van der Waals surface area (Å²) in [5, 5.41) is 2.92. The van der Waals surface area contributed by atoms with E-state index in [1.165, 1.54) is 12.1 Å². The van der Waals surface area contributed by atoms with Crippen molar-refractivity contribution in [1.29, 1.82) is 0 Å². The van der Waals surface area contributed by atoms with E-state index in [1.54, 1.807) is 13.2 Å². The van der Waals surface area contributed by atoms with Gasteiger partial charge in [0, 0.05) is 26.3 Å². The van der Waals surface area contributed by atoms with Gasteiger partial charge >= 0.3 is 0 Å². The molecule has 1 aliphatic carbocycles. The summed E-state index contributed by atoms with van der Waals surface area (Å²) in [6, 6.07) is 4.48. The maximum atomic E-state index is 13.3. The highest BCUT2D eigenvalue weighted by atomic mass is 19.1. The van der Waals surface area contributed by atoms with Crippen molar-refractivity contribution < 1.29 is 13.9 Å². The molecule has 0 radical (unpaired) electrons. The topological polar surface area (TPSA) is 56.2 Å². The summed E-state index contributed by atoms with van der Waals surface area (Å²) in [5.74, 6) is 0.136. The van der Waals surface area contributed by atoms with Gasteiger partial charge in [-0.1, -0.05) is 0 Å². The summed E-state index contributed by atoms with van der Waals surface area (Å²) < 4.78 is 20.3. The molecule has 0 aliphatic heterocycles. The number of carbonyl (C=O) groups excluding carboxylic acids is 1. The minimum Gasteiger partial charge on any atom is -0.385 e. The maximum absolute atomic E-state index is 13.3. The van der Waals surface area contributed by atoms with Crippen molar-refractivity contribution in [2.75, 3.05) is 19.0 Å². The fraction of sp³-hybridized carbons (Fsp3) is 0.500. The Bertz CT molecular complexity index is 707. The highest BCUT2D eigenvalue weighted by Gasteiger charge is 2.49. The molecule has 6 heteroatoms. The van der Waals surface area contributed by atoms with E-state index < -0.39 is 0 Å². The number of imidazole rings is 1. The lowest BCUT2D eigenvalue weighted by Gasteiger charge is -2.15. The second kappa shape index (κ2) is 5.68. The predicted molar refractivity (Wildman–Crippen MR) is 82.2 cm³/mol. The number of ether oxygens (including phenoxy) is 1. The van der Waals surface area contributed by atoms with Crippen molar-refractivity contribution in [3.8, 4) is 0 Å². The highest BCUT2D eigenvalue weighted by Crippen LogP contribution is 2.49. The number of hydrogen-bond donors (Lipinski definition) is 1. The fourth-order valence-electron chi connectivity index (χ4n) is 2.79. The molecule has 2 aromatic rings. The van der Waals surface area contributed by atoms with E-state index >= 15 is 0 Å². The molecule has 118 valence electrons. The molecule has 1 aromatic carbocycles. The number of anilines is 1. The zero-order chi connectivity index (χ0) is 15.7. The second-order valence-electron chi connectivity index (χ2n) is 5.79. The zero-order valence-corrected chi connectivity index (χ0v) is 12.9. The predicted octanol–water partition coefficient (Wildman–Crippen LogP) is 2.95. The van der Waals surface area contributed by atoms with Crippen LogP contribution in [-0.4, -0.2) is 29.2 Å². The van der Waals surface area contributed by atoms with Gasteiger partial charge in [0.15, 0.2) is 0 Å². The normalized spacial score (nSPS) is 16.0. The van der Waals surface area contributed by atoms with Crippen molar-refractivity contribution >= 4 is 22.9 Å². The first-order chi connectivity index (χ1) is 10.6. The first-order valence-electron chi connectivity index (χ1n) is 7.56. The van der Waals surface area contributed by atoms with E-state index in [0.717, 1.165) is 24.8 Å². The lowest BCUT2D eigenvalue weighted by molar-refractivity contribution is -0.121. The van der Waals surface area contributed by atoms with Crippen LogP contribution in [0.15, 0.2) is 18.2 Å². The van der Waals surface area contributed by atoms with E-state index in [0.29, 0.717) is 24.6 Å². The Balaban J connectivity index is 1.86. The van der Waals surface area contributed by atoms with Gasteiger partial charge in [0.25, 0.3) is 0 Å². The summed E-state index contributed by atoms with van der Waals surface area (Å²) in [6.07, 6.45) is 2.47. The number of hydrogen-bond acceptors (Lipinski definition) is 3. The van der Waals surface area contributed by atoms with Crippen molar-refractivity contribution in [2.45, 2.75) is 32.7 Å². The average Bonchev–Trinajstić information content (AvgIpc) is 3.22. The third-order valence-corrected chi connectivity index (χ3v) is 4.37. The Kier molecular flexibility index (Phi) is 3.87. The van der Waals surface area contributed by atoms with Crippen LogP contribution in [0.25, 0.3) is 11.0 Å². The highest BCUT2D eigenvalue weighted by molar-refractivity contribution is 5.97. The van der Waals surface area contributed by atoms with Crippen LogP contribution < -0.4 is 5.32 Å². The van der Waals surface area contributed by atoms with E-state index in [2.05, 4.69) is 10.3 Å². The number of aromatic nitrogens is 2. The Morgan fingerprint density at radius 3 is 2.91 bits per heavy atom. The summed E-state index contributed by atoms with van der Waals surface area (Å²) >= 11 is 0. The van der Waals surface area contributed by atoms with E-state index in [-0.39, 0.29) is 17.1 Å². The van der Waals surface area contributed by atoms with Crippen LogP contribution in [0, 0.1) is 11.2 Å². The first kappa shape index (κ1) is 15.0. The molecule has 0 spiro atoms. The van der Waals surface area contributed by atoms with Gasteiger partial charge in [-0.3, -0.25) is 10.1 Å². The maximum Gasteiger partial charge on any atom is 0.232 e. The molecule has 1 aromatic heterocycles. The van der Waals surface area contributed by atoms with Gasteiger partial charge in [0.1, 0.15) is 5.82 Å². The molecule has 0 unspecified atom stereocenters. The van der Waals surface area contributed by atoms with Crippen molar-refractivity contribution in [3.63, 3.8) is 0 Å².